The number of nitrogens with two attached hydrogens (primary N) is 1. The minimum absolute atomic E-state index is 0.408. The Kier molecular flexibility index (Phi) is 4.31. The summed E-state index contributed by atoms with van der Waals surface area (Å²) < 4.78 is 5.11. The van der Waals surface area contributed by atoms with Crippen molar-refractivity contribution in [2.45, 2.75) is 32.8 Å². The first-order chi connectivity index (χ1) is 7.87. The number of aromatic nitrogens is 1. The summed E-state index contributed by atoms with van der Waals surface area (Å²) in [6.45, 7) is 5.98. The average molecular weight is 237 g/mol. The summed E-state index contributed by atoms with van der Waals surface area (Å²) in [7, 11) is 0. The molecule has 0 fully saturated rings. The lowest BCUT2D eigenvalue weighted by molar-refractivity contribution is 0.0528. The first-order valence-electron chi connectivity index (χ1n) is 5.53. The van der Waals surface area contributed by atoms with Crippen molar-refractivity contribution in [1.29, 1.82) is 0 Å². The molecule has 1 amide bonds. The molecule has 0 saturated heterocycles. The molecule has 3 N–H and O–H groups in total. The summed E-state index contributed by atoms with van der Waals surface area (Å²) >= 11 is 0. The zero-order valence-electron chi connectivity index (χ0n) is 10.5. The van der Waals surface area contributed by atoms with Gasteiger partial charge in [0.05, 0.1) is 5.69 Å². The van der Waals surface area contributed by atoms with Crippen LogP contribution in [0.25, 0.3) is 0 Å². The van der Waals surface area contributed by atoms with Crippen LogP contribution in [0.5, 0.6) is 0 Å². The van der Waals surface area contributed by atoms with Gasteiger partial charge in [-0.2, -0.15) is 0 Å². The predicted octanol–water partition coefficient (Wildman–Crippen LogP) is 1.73. The molecule has 0 spiro atoms. The first-order valence-corrected chi connectivity index (χ1v) is 5.53. The van der Waals surface area contributed by atoms with Crippen LogP contribution in [0.4, 0.5) is 10.5 Å². The maximum Gasteiger partial charge on any atom is 0.407 e. The number of hydrogen-bond donors (Lipinski definition) is 2. The fraction of sp³-hybridized carbons (Fsp3) is 0.500. The van der Waals surface area contributed by atoms with Crippen molar-refractivity contribution in [3.63, 3.8) is 0 Å². The number of alkyl carbamates (subject to hydrolysis) is 1. The standard InChI is InChI=1S/C12H19N3O2/c1-12(2,3)17-11(16)15-5-4-9-6-10(13)8-14-7-9/h6-8H,4-5,13H2,1-3H3,(H,15,16). The van der Waals surface area contributed by atoms with Gasteiger partial charge >= 0.3 is 6.09 Å². The highest BCUT2D eigenvalue weighted by atomic mass is 16.6. The fourth-order valence-corrected chi connectivity index (χ4v) is 1.27. The van der Waals surface area contributed by atoms with Crippen LogP contribution in [0.1, 0.15) is 26.3 Å². The van der Waals surface area contributed by atoms with E-state index < -0.39 is 11.7 Å². The van der Waals surface area contributed by atoms with Gasteiger partial charge in [0, 0.05) is 18.9 Å². The molecule has 0 aromatic carbocycles. The van der Waals surface area contributed by atoms with Crippen molar-refractivity contribution < 1.29 is 9.53 Å². The molecule has 1 rings (SSSR count). The molecular formula is C12H19N3O2. The summed E-state index contributed by atoms with van der Waals surface area (Å²) in [5.74, 6) is 0. The third-order valence-electron chi connectivity index (χ3n) is 1.90. The van der Waals surface area contributed by atoms with Gasteiger partial charge in [-0.1, -0.05) is 0 Å². The van der Waals surface area contributed by atoms with Crippen LogP contribution >= 0.6 is 0 Å². The van der Waals surface area contributed by atoms with Crippen molar-refractivity contribution >= 4 is 11.8 Å². The van der Waals surface area contributed by atoms with Gasteiger partial charge in [0.15, 0.2) is 0 Å². The number of carbonyl (C=O) groups excluding carboxylic acids is 1. The lowest BCUT2D eigenvalue weighted by Gasteiger charge is -2.19. The molecule has 0 unspecified atom stereocenters. The van der Waals surface area contributed by atoms with Gasteiger partial charge in [-0.25, -0.2) is 4.79 Å². The number of amides is 1. The molecule has 5 nitrogen and oxygen atoms in total. The number of hydrogen-bond acceptors (Lipinski definition) is 4. The van der Waals surface area contributed by atoms with Gasteiger partial charge in [0.1, 0.15) is 5.60 Å². The summed E-state index contributed by atoms with van der Waals surface area (Å²) in [4.78, 5) is 15.3. The topological polar surface area (TPSA) is 77.2 Å². The number of nitrogens with zero attached hydrogens (tertiary/aromatic N) is 1. The number of ether oxygens (including phenoxy) is 1. The average Bonchev–Trinajstić information content (AvgIpc) is 2.14. The third kappa shape index (κ3) is 5.75. The van der Waals surface area contributed by atoms with Crippen molar-refractivity contribution in [2.75, 3.05) is 12.3 Å². The minimum Gasteiger partial charge on any atom is -0.444 e. The zero-order chi connectivity index (χ0) is 12.9. The highest BCUT2D eigenvalue weighted by Gasteiger charge is 2.15. The number of rotatable bonds is 3. The molecule has 0 saturated carbocycles. The molecule has 1 aromatic rings. The molecule has 1 heterocycles. The van der Waals surface area contributed by atoms with Crippen LogP contribution in [0.15, 0.2) is 18.5 Å². The molecule has 17 heavy (non-hydrogen) atoms. The molecule has 5 heteroatoms. The molecule has 1 aromatic heterocycles. The maximum atomic E-state index is 11.3. The monoisotopic (exact) mass is 237 g/mol. The maximum absolute atomic E-state index is 11.3. The Morgan fingerprint density at radius 2 is 2.18 bits per heavy atom. The summed E-state index contributed by atoms with van der Waals surface area (Å²) in [6.07, 6.45) is 3.59. The number of nitrogens with one attached hydrogen (secondary N) is 1. The lowest BCUT2D eigenvalue weighted by Crippen LogP contribution is -2.33. The second-order valence-corrected chi connectivity index (χ2v) is 4.81. The van der Waals surface area contributed by atoms with Crippen LogP contribution in [-0.2, 0) is 11.2 Å². The van der Waals surface area contributed by atoms with E-state index in [0.29, 0.717) is 18.7 Å². The van der Waals surface area contributed by atoms with Gasteiger partial charge in [-0.15, -0.1) is 0 Å². The van der Waals surface area contributed by atoms with Gasteiger partial charge in [0.25, 0.3) is 0 Å². The molecule has 94 valence electrons. The quantitative estimate of drug-likeness (QED) is 0.839. The molecule has 0 atom stereocenters. The molecule has 0 aliphatic rings. The van der Waals surface area contributed by atoms with Gasteiger partial charge in [-0.05, 0) is 38.8 Å². The molecule has 0 aliphatic carbocycles. The van der Waals surface area contributed by atoms with E-state index in [4.69, 9.17) is 10.5 Å². The van der Waals surface area contributed by atoms with E-state index in [-0.39, 0.29) is 0 Å². The number of nitrogen functional groups attached to an aromatic ring is 1. The molecular weight excluding hydrogens is 218 g/mol. The number of carbonyl (C=O) groups is 1. The van der Waals surface area contributed by atoms with Crippen LogP contribution < -0.4 is 11.1 Å². The van der Waals surface area contributed by atoms with E-state index >= 15 is 0 Å². The highest BCUT2D eigenvalue weighted by Crippen LogP contribution is 2.07. The Hall–Kier alpha value is -1.78. The van der Waals surface area contributed by atoms with Crippen molar-refractivity contribution in [3.8, 4) is 0 Å². The summed E-state index contributed by atoms with van der Waals surface area (Å²) in [5, 5.41) is 2.68. The van der Waals surface area contributed by atoms with E-state index in [0.717, 1.165) is 5.56 Å². The van der Waals surface area contributed by atoms with Crippen molar-refractivity contribution in [1.82, 2.24) is 10.3 Å². The van der Waals surface area contributed by atoms with Crippen LogP contribution in [0, 0.1) is 0 Å². The van der Waals surface area contributed by atoms with E-state index in [1.54, 1.807) is 12.4 Å². The van der Waals surface area contributed by atoms with Crippen molar-refractivity contribution in [2.24, 2.45) is 0 Å². The van der Waals surface area contributed by atoms with Crippen LogP contribution in [0.2, 0.25) is 0 Å². The van der Waals surface area contributed by atoms with Crippen molar-refractivity contribution in [3.05, 3.63) is 24.0 Å². The summed E-state index contributed by atoms with van der Waals surface area (Å²) in [6, 6.07) is 1.84. The Balaban J connectivity index is 2.31. The Morgan fingerprint density at radius 3 is 2.76 bits per heavy atom. The van der Waals surface area contributed by atoms with Gasteiger partial charge < -0.3 is 15.8 Å². The normalized spacial score (nSPS) is 11.0. The smallest absolute Gasteiger partial charge is 0.407 e. The Labute approximate surface area is 101 Å². The number of anilines is 1. The second kappa shape index (κ2) is 5.52. The largest absolute Gasteiger partial charge is 0.444 e. The predicted molar refractivity (Wildman–Crippen MR) is 66.6 cm³/mol. The Morgan fingerprint density at radius 1 is 1.47 bits per heavy atom. The fourth-order valence-electron chi connectivity index (χ4n) is 1.27. The first kappa shape index (κ1) is 13.3. The lowest BCUT2D eigenvalue weighted by atomic mass is 10.2. The van der Waals surface area contributed by atoms with Crippen LogP contribution in [-0.4, -0.2) is 23.2 Å². The van der Waals surface area contributed by atoms with E-state index in [1.807, 2.05) is 26.8 Å². The molecule has 0 bridgehead atoms. The van der Waals surface area contributed by atoms with E-state index in [9.17, 15) is 4.79 Å². The van der Waals surface area contributed by atoms with Gasteiger partial charge in [0.2, 0.25) is 0 Å². The molecule has 0 radical (unpaired) electrons. The third-order valence-corrected chi connectivity index (χ3v) is 1.90. The Bertz CT molecular complexity index is 386. The van der Waals surface area contributed by atoms with E-state index in [2.05, 4.69) is 10.3 Å². The second-order valence-electron chi connectivity index (χ2n) is 4.81. The van der Waals surface area contributed by atoms with Gasteiger partial charge in [-0.3, -0.25) is 4.98 Å². The molecule has 0 aliphatic heterocycles. The SMILES string of the molecule is CC(C)(C)OC(=O)NCCc1cncc(N)c1. The highest BCUT2D eigenvalue weighted by molar-refractivity contribution is 5.67. The minimum atomic E-state index is -0.469. The number of pyridine rings is 1. The zero-order valence-corrected chi connectivity index (χ0v) is 10.5. The van der Waals surface area contributed by atoms with E-state index in [1.165, 1.54) is 0 Å². The summed E-state index contributed by atoms with van der Waals surface area (Å²) in [5.41, 5.74) is 6.74. The van der Waals surface area contributed by atoms with Crippen LogP contribution in [0.3, 0.4) is 0 Å².